The van der Waals surface area contributed by atoms with E-state index in [4.69, 9.17) is 4.74 Å². The number of hydrogen-bond acceptors (Lipinski definition) is 4. The number of carbonyl (C=O) groups is 1. The van der Waals surface area contributed by atoms with Crippen LogP contribution in [-0.4, -0.2) is 24.5 Å². The van der Waals surface area contributed by atoms with Crippen LogP contribution < -0.4 is 15.4 Å². The molecule has 0 aliphatic heterocycles. The Labute approximate surface area is 152 Å². The summed E-state index contributed by atoms with van der Waals surface area (Å²) in [7, 11) is 1.41. The number of rotatable bonds is 8. The van der Waals surface area contributed by atoms with Crippen molar-refractivity contribution in [3.05, 3.63) is 64.2 Å². The van der Waals surface area contributed by atoms with E-state index in [9.17, 15) is 14.9 Å². The topological polar surface area (TPSA) is 98.1 Å². The van der Waals surface area contributed by atoms with Crippen LogP contribution >= 0.6 is 0 Å². The summed E-state index contributed by atoms with van der Waals surface area (Å²) >= 11 is 0. The Balaban J connectivity index is 2.03. The molecule has 138 valence electrons. The van der Waals surface area contributed by atoms with Gasteiger partial charge in [-0.2, -0.15) is 0 Å². The van der Waals surface area contributed by atoms with Crippen molar-refractivity contribution in [1.29, 1.82) is 0 Å². The lowest BCUT2D eigenvalue weighted by atomic mass is 9.96. The molecule has 26 heavy (non-hydrogen) atoms. The summed E-state index contributed by atoms with van der Waals surface area (Å²) in [5, 5.41) is 15.6. The predicted molar refractivity (Wildman–Crippen MR) is 99.1 cm³/mol. The van der Waals surface area contributed by atoms with Gasteiger partial charge in [0, 0.05) is 17.5 Å². The average Bonchev–Trinajstić information content (AvgIpc) is 2.62. The van der Waals surface area contributed by atoms with Crippen molar-refractivity contribution >= 4 is 17.3 Å². The lowest BCUT2D eigenvalue weighted by Crippen LogP contribution is -2.88. The summed E-state index contributed by atoms with van der Waals surface area (Å²) in [5.74, 6) is 0.425. The third-order valence-corrected chi connectivity index (χ3v) is 4.13. The second-order valence-corrected chi connectivity index (χ2v) is 6.31. The molecule has 0 unspecified atom stereocenters. The summed E-state index contributed by atoms with van der Waals surface area (Å²) in [4.78, 5) is 22.7. The molecule has 2 aromatic carbocycles. The number of nitro groups is 1. The zero-order valence-electron chi connectivity index (χ0n) is 15.1. The van der Waals surface area contributed by atoms with Gasteiger partial charge in [0.05, 0.1) is 23.8 Å². The van der Waals surface area contributed by atoms with Crippen molar-refractivity contribution in [2.24, 2.45) is 5.92 Å². The summed E-state index contributed by atoms with van der Waals surface area (Å²) in [6.45, 7) is 4.47. The van der Waals surface area contributed by atoms with E-state index in [0.29, 0.717) is 11.6 Å². The number of carbonyl (C=O) groups excluding carboxylic acids is 1. The molecule has 1 amide bonds. The number of hydrogen-bond donors (Lipinski definition) is 2. The monoisotopic (exact) mass is 358 g/mol. The number of nitrogens with one attached hydrogen (secondary N) is 1. The Kier molecular flexibility index (Phi) is 6.68. The van der Waals surface area contributed by atoms with E-state index < -0.39 is 4.92 Å². The minimum Gasteiger partial charge on any atom is -0.494 e. The average molecular weight is 358 g/mol. The number of nitro benzene ring substituents is 1. The molecule has 2 aromatic rings. The van der Waals surface area contributed by atoms with E-state index >= 15 is 0 Å². The van der Waals surface area contributed by atoms with Gasteiger partial charge in [-0.25, -0.2) is 0 Å². The molecule has 1 atom stereocenters. The standard InChI is InChI=1S/C19H23N3O4/c1-13(2)19(14-7-5-4-6-8-14)20-12-18(23)21-16-10-9-15(22(24)25)11-17(16)26-3/h4-11,13,19-20H,12H2,1-3H3,(H,21,23)/p+1/t19-/m1/s1. The van der Waals surface area contributed by atoms with Crippen molar-refractivity contribution in [3.8, 4) is 5.75 Å². The lowest BCUT2D eigenvalue weighted by Gasteiger charge is -2.19. The first kappa shape index (κ1) is 19.4. The van der Waals surface area contributed by atoms with Crippen LogP contribution in [0.2, 0.25) is 0 Å². The number of non-ortho nitro benzene ring substituents is 1. The van der Waals surface area contributed by atoms with Crippen molar-refractivity contribution in [1.82, 2.24) is 0 Å². The third kappa shape index (κ3) is 5.03. The second kappa shape index (κ2) is 8.96. The smallest absolute Gasteiger partial charge is 0.279 e. The number of nitrogens with zero attached hydrogens (tertiary/aromatic N) is 1. The zero-order valence-corrected chi connectivity index (χ0v) is 15.1. The van der Waals surface area contributed by atoms with E-state index in [1.165, 1.54) is 30.9 Å². The maximum atomic E-state index is 12.3. The van der Waals surface area contributed by atoms with Crippen molar-refractivity contribution in [3.63, 3.8) is 0 Å². The van der Waals surface area contributed by atoms with Gasteiger partial charge in [-0.3, -0.25) is 14.9 Å². The van der Waals surface area contributed by atoms with Crippen LogP contribution in [0.15, 0.2) is 48.5 Å². The van der Waals surface area contributed by atoms with Crippen LogP contribution in [0.4, 0.5) is 11.4 Å². The third-order valence-electron chi connectivity index (χ3n) is 4.13. The Morgan fingerprint density at radius 2 is 1.92 bits per heavy atom. The van der Waals surface area contributed by atoms with Gasteiger partial charge in [-0.15, -0.1) is 0 Å². The summed E-state index contributed by atoms with van der Waals surface area (Å²) in [5.41, 5.74) is 1.50. The number of quaternary nitrogens is 1. The van der Waals surface area contributed by atoms with Crippen LogP contribution in [0, 0.1) is 16.0 Å². The van der Waals surface area contributed by atoms with Gasteiger partial charge in [0.2, 0.25) is 0 Å². The van der Waals surface area contributed by atoms with Crippen molar-refractivity contribution in [2.45, 2.75) is 19.9 Å². The minimum absolute atomic E-state index is 0.0876. The highest BCUT2D eigenvalue weighted by Gasteiger charge is 2.21. The highest BCUT2D eigenvalue weighted by atomic mass is 16.6. The molecule has 0 bridgehead atoms. The Hall–Kier alpha value is -2.93. The molecule has 2 rings (SSSR count). The van der Waals surface area contributed by atoms with Gasteiger partial charge < -0.3 is 15.4 Å². The van der Waals surface area contributed by atoms with E-state index in [-0.39, 0.29) is 29.9 Å². The fraction of sp³-hybridized carbons (Fsp3) is 0.316. The van der Waals surface area contributed by atoms with Crippen LogP contribution in [0.3, 0.4) is 0 Å². The molecule has 0 aliphatic carbocycles. The molecule has 0 saturated heterocycles. The SMILES string of the molecule is COc1cc([N+](=O)[O-])ccc1NC(=O)C[NH2+][C@@H](c1ccccc1)C(C)C. The highest BCUT2D eigenvalue weighted by Crippen LogP contribution is 2.28. The number of nitrogens with two attached hydrogens (primary N) is 1. The van der Waals surface area contributed by atoms with E-state index in [0.717, 1.165) is 0 Å². The maximum Gasteiger partial charge on any atom is 0.279 e. The first-order valence-electron chi connectivity index (χ1n) is 8.43. The molecule has 0 heterocycles. The fourth-order valence-electron chi connectivity index (χ4n) is 2.80. The molecule has 0 spiro atoms. The van der Waals surface area contributed by atoms with Crippen molar-refractivity contribution < 1.29 is 19.8 Å². The first-order chi connectivity index (χ1) is 12.4. The molecule has 3 N–H and O–H groups in total. The Morgan fingerprint density at radius 3 is 2.50 bits per heavy atom. The van der Waals surface area contributed by atoms with Gasteiger partial charge in [0.1, 0.15) is 11.8 Å². The number of ether oxygens (including phenoxy) is 1. The largest absolute Gasteiger partial charge is 0.494 e. The van der Waals surface area contributed by atoms with Crippen molar-refractivity contribution in [2.75, 3.05) is 19.0 Å². The first-order valence-corrected chi connectivity index (χ1v) is 8.43. The molecule has 0 aliphatic rings. The number of amides is 1. The fourth-order valence-corrected chi connectivity index (χ4v) is 2.80. The van der Waals surface area contributed by atoms with E-state index in [2.05, 4.69) is 31.3 Å². The second-order valence-electron chi connectivity index (χ2n) is 6.31. The van der Waals surface area contributed by atoms with Gasteiger partial charge in [0.15, 0.2) is 6.54 Å². The molecule has 0 fully saturated rings. The number of benzene rings is 2. The predicted octanol–water partition coefficient (Wildman–Crippen LogP) is 2.50. The Morgan fingerprint density at radius 1 is 1.23 bits per heavy atom. The van der Waals surface area contributed by atoms with Gasteiger partial charge >= 0.3 is 0 Å². The summed E-state index contributed by atoms with van der Waals surface area (Å²) in [6, 6.07) is 14.3. The maximum absolute atomic E-state index is 12.3. The van der Waals surface area contributed by atoms with Gasteiger partial charge in [0.25, 0.3) is 11.6 Å². The van der Waals surface area contributed by atoms with Crippen LogP contribution in [0.1, 0.15) is 25.5 Å². The van der Waals surface area contributed by atoms with Crippen LogP contribution in [0.25, 0.3) is 0 Å². The van der Waals surface area contributed by atoms with Crippen LogP contribution in [-0.2, 0) is 4.79 Å². The zero-order chi connectivity index (χ0) is 19.1. The molecular formula is C19H24N3O4+. The van der Waals surface area contributed by atoms with E-state index in [1.807, 2.05) is 23.5 Å². The molecule has 0 saturated carbocycles. The summed E-state index contributed by atoms with van der Waals surface area (Å²) in [6.07, 6.45) is 0. The normalized spacial score (nSPS) is 11.8. The number of anilines is 1. The minimum atomic E-state index is -0.505. The molecule has 0 aromatic heterocycles. The molecular weight excluding hydrogens is 334 g/mol. The van der Waals surface area contributed by atoms with E-state index in [1.54, 1.807) is 0 Å². The quantitative estimate of drug-likeness (QED) is 0.559. The molecule has 0 radical (unpaired) electrons. The molecule has 7 nitrogen and oxygen atoms in total. The van der Waals surface area contributed by atoms with Crippen LogP contribution in [0.5, 0.6) is 5.75 Å². The lowest BCUT2D eigenvalue weighted by molar-refractivity contribution is -0.692. The molecule has 7 heteroatoms. The summed E-state index contributed by atoms with van der Waals surface area (Å²) < 4.78 is 5.14. The number of methoxy groups -OCH3 is 1. The van der Waals surface area contributed by atoms with Gasteiger partial charge in [-0.1, -0.05) is 44.2 Å². The van der Waals surface area contributed by atoms with Gasteiger partial charge in [-0.05, 0) is 6.07 Å². The Bertz CT molecular complexity index is 763. The highest BCUT2D eigenvalue weighted by molar-refractivity contribution is 5.93.